The van der Waals surface area contributed by atoms with Gasteiger partial charge in [0, 0.05) is 26.2 Å². The summed E-state index contributed by atoms with van der Waals surface area (Å²) in [5, 5.41) is 3.49. The van der Waals surface area contributed by atoms with E-state index in [1.807, 2.05) is 0 Å². The maximum Gasteiger partial charge on any atom is 0.0615 e. The first-order valence-corrected chi connectivity index (χ1v) is 6.33. The topological polar surface area (TPSA) is 24.5 Å². The van der Waals surface area contributed by atoms with Crippen LogP contribution in [0, 0.1) is 5.41 Å². The van der Waals surface area contributed by atoms with Crippen molar-refractivity contribution < 1.29 is 4.74 Å². The molecule has 0 radical (unpaired) electrons. The monoisotopic (exact) mass is 230 g/mol. The second kappa shape index (κ2) is 8.04. The Bertz CT molecular complexity index is 171. The molecule has 3 nitrogen and oxygen atoms in total. The van der Waals surface area contributed by atoms with Crippen LogP contribution in [0.2, 0.25) is 0 Å². The third-order valence-corrected chi connectivity index (χ3v) is 2.87. The first-order valence-electron chi connectivity index (χ1n) is 6.33. The van der Waals surface area contributed by atoms with Gasteiger partial charge in [0.2, 0.25) is 0 Å². The molecule has 1 N–H and O–H groups in total. The lowest BCUT2D eigenvalue weighted by molar-refractivity contribution is 0.0901. The van der Waals surface area contributed by atoms with Crippen molar-refractivity contribution in [3.05, 3.63) is 0 Å². The molecule has 0 bridgehead atoms. The number of hydrogen-bond donors (Lipinski definition) is 1. The molecular weight excluding hydrogens is 200 g/mol. The number of likely N-dealkylation sites (N-methyl/N-ethyl adjacent to an activating group) is 1. The van der Waals surface area contributed by atoms with E-state index < -0.39 is 0 Å². The number of methoxy groups -OCH3 is 1. The fraction of sp³-hybridized carbons (Fsp3) is 1.00. The average Bonchev–Trinajstić information content (AvgIpc) is 2.17. The number of nitrogens with one attached hydrogen (secondary N) is 1. The molecule has 16 heavy (non-hydrogen) atoms. The lowest BCUT2D eigenvalue weighted by atomic mass is 9.92. The standard InChI is InChI=1S/C13H30N2O/c1-7-8-14-10-13(3,4)11-15(5)12(2)9-16-6/h12,14H,7-11H2,1-6H3. The highest BCUT2D eigenvalue weighted by molar-refractivity contribution is 4.77. The minimum atomic E-state index is 0.311. The van der Waals surface area contributed by atoms with Crippen LogP contribution in [0.3, 0.4) is 0 Å². The van der Waals surface area contributed by atoms with Crippen molar-refractivity contribution in [2.45, 2.75) is 40.2 Å². The molecule has 0 fully saturated rings. The molecule has 0 heterocycles. The van der Waals surface area contributed by atoms with Gasteiger partial charge in [0.25, 0.3) is 0 Å². The Morgan fingerprint density at radius 2 is 2.00 bits per heavy atom. The Morgan fingerprint density at radius 1 is 1.38 bits per heavy atom. The summed E-state index contributed by atoms with van der Waals surface area (Å²) in [6, 6.07) is 0.482. The van der Waals surface area contributed by atoms with E-state index in [0.717, 1.165) is 26.2 Å². The zero-order valence-corrected chi connectivity index (χ0v) is 12.0. The molecule has 0 amide bonds. The smallest absolute Gasteiger partial charge is 0.0615 e. The van der Waals surface area contributed by atoms with E-state index >= 15 is 0 Å². The molecule has 0 saturated carbocycles. The van der Waals surface area contributed by atoms with Gasteiger partial charge < -0.3 is 15.0 Å². The summed E-state index contributed by atoms with van der Waals surface area (Å²) in [7, 11) is 3.93. The summed E-state index contributed by atoms with van der Waals surface area (Å²) < 4.78 is 5.18. The van der Waals surface area contributed by atoms with Gasteiger partial charge in [-0.2, -0.15) is 0 Å². The minimum Gasteiger partial charge on any atom is -0.383 e. The maximum absolute atomic E-state index is 5.18. The van der Waals surface area contributed by atoms with E-state index in [1.54, 1.807) is 7.11 Å². The summed E-state index contributed by atoms with van der Waals surface area (Å²) in [6.45, 7) is 13.1. The third-order valence-electron chi connectivity index (χ3n) is 2.87. The van der Waals surface area contributed by atoms with Gasteiger partial charge in [0.05, 0.1) is 6.61 Å². The van der Waals surface area contributed by atoms with Crippen molar-refractivity contribution in [3.8, 4) is 0 Å². The van der Waals surface area contributed by atoms with Crippen molar-refractivity contribution in [2.24, 2.45) is 5.41 Å². The van der Waals surface area contributed by atoms with Crippen molar-refractivity contribution in [3.63, 3.8) is 0 Å². The minimum absolute atomic E-state index is 0.311. The molecule has 1 atom stereocenters. The SMILES string of the molecule is CCCNCC(C)(C)CN(C)C(C)COC. The van der Waals surface area contributed by atoms with Crippen LogP contribution in [-0.4, -0.2) is 51.3 Å². The van der Waals surface area contributed by atoms with Gasteiger partial charge in [0.15, 0.2) is 0 Å². The van der Waals surface area contributed by atoms with Crippen LogP contribution in [0.25, 0.3) is 0 Å². The van der Waals surface area contributed by atoms with Crippen LogP contribution >= 0.6 is 0 Å². The lowest BCUT2D eigenvalue weighted by Crippen LogP contribution is -2.43. The van der Waals surface area contributed by atoms with Gasteiger partial charge in [0.1, 0.15) is 0 Å². The highest BCUT2D eigenvalue weighted by Crippen LogP contribution is 2.16. The van der Waals surface area contributed by atoms with E-state index in [9.17, 15) is 0 Å². The van der Waals surface area contributed by atoms with Crippen LogP contribution in [0.1, 0.15) is 34.1 Å². The van der Waals surface area contributed by atoms with Crippen LogP contribution in [-0.2, 0) is 4.74 Å². The summed E-state index contributed by atoms with van der Waals surface area (Å²) >= 11 is 0. The van der Waals surface area contributed by atoms with Gasteiger partial charge >= 0.3 is 0 Å². The van der Waals surface area contributed by atoms with E-state index in [0.29, 0.717) is 11.5 Å². The van der Waals surface area contributed by atoms with Crippen LogP contribution in [0.5, 0.6) is 0 Å². The predicted molar refractivity (Wildman–Crippen MR) is 70.9 cm³/mol. The van der Waals surface area contributed by atoms with E-state index in [1.165, 1.54) is 6.42 Å². The third kappa shape index (κ3) is 7.20. The van der Waals surface area contributed by atoms with E-state index in [4.69, 9.17) is 4.74 Å². The molecule has 0 aromatic heterocycles. The van der Waals surface area contributed by atoms with Crippen molar-refractivity contribution in [1.29, 1.82) is 0 Å². The summed E-state index contributed by atoms with van der Waals surface area (Å²) in [6.07, 6.45) is 1.20. The Morgan fingerprint density at radius 3 is 2.50 bits per heavy atom. The second-order valence-electron chi connectivity index (χ2n) is 5.56. The molecule has 0 aliphatic carbocycles. The lowest BCUT2D eigenvalue weighted by Gasteiger charge is -2.33. The van der Waals surface area contributed by atoms with Crippen LogP contribution in [0.15, 0.2) is 0 Å². The number of rotatable bonds is 9. The largest absolute Gasteiger partial charge is 0.383 e. The molecule has 3 heteroatoms. The Hall–Kier alpha value is -0.120. The van der Waals surface area contributed by atoms with Gasteiger partial charge in [-0.1, -0.05) is 20.8 Å². The van der Waals surface area contributed by atoms with Crippen molar-refractivity contribution in [2.75, 3.05) is 40.4 Å². The highest BCUT2D eigenvalue weighted by atomic mass is 16.5. The predicted octanol–water partition coefficient (Wildman–Crippen LogP) is 1.98. The molecule has 98 valence electrons. The second-order valence-corrected chi connectivity index (χ2v) is 5.56. The molecule has 0 spiro atoms. The maximum atomic E-state index is 5.18. The van der Waals surface area contributed by atoms with Gasteiger partial charge in [-0.25, -0.2) is 0 Å². The van der Waals surface area contributed by atoms with E-state index in [-0.39, 0.29) is 0 Å². The molecular formula is C13H30N2O. The normalized spacial score (nSPS) is 14.4. The Balaban J connectivity index is 3.93. The molecule has 0 rings (SSSR count). The Labute approximate surface area is 102 Å². The van der Waals surface area contributed by atoms with Crippen LogP contribution in [0.4, 0.5) is 0 Å². The molecule has 0 aromatic carbocycles. The van der Waals surface area contributed by atoms with Crippen LogP contribution < -0.4 is 5.32 Å². The zero-order chi connectivity index (χ0) is 12.6. The number of nitrogens with zero attached hydrogens (tertiary/aromatic N) is 1. The van der Waals surface area contributed by atoms with E-state index in [2.05, 4.69) is 45.0 Å². The fourth-order valence-corrected chi connectivity index (χ4v) is 1.86. The molecule has 0 aromatic rings. The van der Waals surface area contributed by atoms with Gasteiger partial charge in [-0.05, 0) is 32.4 Å². The fourth-order valence-electron chi connectivity index (χ4n) is 1.86. The van der Waals surface area contributed by atoms with Crippen molar-refractivity contribution >= 4 is 0 Å². The zero-order valence-electron chi connectivity index (χ0n) is 12.0. The summed E-state index contributed by atoms with van der Waals surface area (Å²) in [4.78, 5) is 2.37. The summed E-state index contributed by atoms with van der Waals surface area (Å²) in [5.41, 5.74) is 0.311. The van der Waals surface area contributed by atoms with Gasteiger partial charge in [-0.3, -0.25) is 0 Å². The summed E-state index contributed by atoms with van der Waals surface area (Å²) in [5.74, 6) is 0. The molecule has 1 unspecified atom stereocenters. The number of ether oxygens (including phenoxy) is 1. The number of hydrogen-bond acceptors (Lipinski definition) is 3. The first-order chi connectivity index (χ1) is 7.43. The average molecular weight is 230 g/mol. The highest BCUT2D eigenvalue weighted by Gasteiger charge is 2.21. The molecule has 0 aliphatic heterocycles. The quantitative estimate of drug-likeness (QED) is 0.613. The Kier molecular flexibility index (Phi) is 7.98. The molecule has 0 saturated heterocycles. The first kappa shape index (κ1) is 15.9. The molecule has 0 aliphatic rings. The van der Waals surface area contributed by atoms with Crippen molar-refractivity contribution in [1.82, 2.24) is 10.2 Å². The van der Waals surface area contributed by atoms with Gasteiger partial charge in [-0.15, -0.1) is 0 Å².